The lowest BCUT2D eigenvalue weighted by molar-refractivity contribution is 0.103. The number of hydrogen-bond donors (Lipinski definition) is 2. The van der Waals surface area contributed by atoms with Crippen LogP contribution in [0.1, 0.15) is 72.4 Å². The van der Waals surface area contributed by atoms with Gasteiger partial charge >= 0.3 is 6.09 Å². The number of rotatable bonds is 3. The second-order valence-electron chi connectivity index (χ2n) is 9.97. The summed E-state index contributed by atoms with van der Waals surface area (Å²) in [5.41, 5.74) is 5.60. The van der Waals surface area contributed by atoms with Gasteiger partial charge in [0.1, 0.15) is 5.75 Å². The first-order chi connectivity index (χ1) is 16.6. The van der Waals surface area contributed by atoms with Crippen LogP contribution in [0, 0.1) is 11.3 Å². The normalized spacial score (nSPS) is 16.5. The minimum absolute atomic E-state index is 0.0637. The summed E-state index contributed by atoms with van der Waals surface area (Å²) in [6.07, 6.45) is 1.45. The number of amides is 1. The van der Waals surface area contributed by atoms with E-state index in [-0.39, 0.29) is 11.9 Å². The van der Waals surface area contributed by atoms with Gasteiger partial charge in [0.25, 0.3) is 0 Å². The first-order valence-corrected chi connectivity index (χ1v) is 11.7. The lowest BCUT2D eigenvalue weighted by Crippen LogP contribution is -2.33. The Hall–Kier alpha value is -4.05. The highest BCUT2D eigenvalue weighted by Crippen LogP contribution is 2.47. The number of nitriles is 1. The van der Waals surface area contributed by atoms with Crippen LogP contribution in [0.15, 0.2) is 36.4 Å². The molecule has 0 saturated heterocycles. The molecule has 0 atom stereocenters. The molecule has 2 aromatic carbocycles. The second kappa shape index (κ2) is 8.02. The van der Waals surface area contributed by atoms with E-state index in [1.165, 1.54) is 4.90 Å². The summed E-state index contributed by atoms with van der Waals surface area (Å²) < 4.78 is 6.22. The molecule has 0 saturated carbocycles. The number of benzene rings is 2. The quantitative estimate of drug-likeness (QED) is 0.529. The lowest BCUT2D eigenvalue weighted by atomic mass is 9.70. The highest BCUT2D eigenvalue weighted by molar-refractivity contribution is 6.20. The predicted octanol–water partition coefficient (Wildman–Crippen LogP) is 5.46. The smallest absolute Gasteiger partial charge is 0.407 e. The van der Waals surface area contributed by atoms with Gasteiger partial charge < -0.3 is 19.7 Å². The fourth-order valence-corrected chi connectivity index (χ4v) is 5.22. The standard InChI is InChI=1S/C28H27N3O4/c1-15(2)35-23-13-21-20(12-19(23)17-7-9-31(10-8-17)27(33)34)25(32)24-18-6-5-16(14-29)11-22(18)30-26(24)28(21,3)4/h5-7,11-13,15,30H,8-10H2,1-4H3,(H,33,34). The maximum atomic E-state index is 13.9. The van der Waals surface area contributed by atoms with Gasteiger partial charge in [0.15, 0.2) is 5.78 Å². The summed E-state index contributed by atoms with van der Waals surface area (Å²) in [7, 11) is 0. The molecule has 1 aliphatic carbocycles. The van der Waals surface area contributed by atoms with Crippen molar-refractivity contribution in [2.75, 3.05) is 13.1 Å². The van der Waals surface area contributed by atoms with Crippen molar-refractivity contribution in [1.29, 1.82) is 5.26 Å². The molecule has 1 aliphatic heterocycles. The molecule has 2 heterocycles. The van der Waals surface area contributed by atoms with Gasteiger partial charge in [-0.25, -0.2) is 4.79 Å². The van der Waals surface area contributed by atoms with Gasteiger partial charge in [-0.1, -0.05) is 26.0 Å². The third-order valence-corrected chi connectivity index (χ3v) is 7.01. The Morgan fingerprint density at radius 1 is 1.23 bits per heavy atom. The van der Waals surface area contributed by atoms with Gasteiger partial charge in [-0.15, -0.1) is 0 Å². The first-order valence-electron chi connectivity index (χ1n) is 11.7. The van der Waals surface area contributed by atoms with Crippen LogP contribution in [0.2, 0.25) is 0 Å². The van der Waals surface area contributed by atoms with E-state index >= 15 is 0 Å². The minimum Gasteiger partial charge on any atom is -0.490 e. The number of carboxylic acid groups (broad SMARTS) is 1. The summed E-state index contributed by atoms with van der Waals surface area (Å²) in [6, 6.07) is 11.4. The third kappa shape index (κ3) is 3.57. The molecule has 0 unspecified atom stereocenters. The van der Waals surface area contributed by atoms with Gasteiger partial charge in [0.05, 0.1) is 23.3 Å². The third-order valence-electron chi connectivity index (χ3n) is 7.01. The molecule has 7 heteroatoms. The number of nitrogens with zero attached hydrogens (tertiary/aromatic N) is 2. The van der Waals surface area contributed by atoms with Crippen LogP contribution in [-0.4, -0.2) is 46.1 Å². The van der Waals surface area contributed by atoms with Gasteiger partial charge in [-0.3, -0.25) is 4.79 Å². The average molecular weight is 470 g/mol. The number of carbonyl (C=O) groups is 2. The fraction of sp³-hybridized carbons (Fsp3) is 0.321. The van der Waals surface area contributed by atoms with Gasteiger partial charge in [0, 0.05) is 46.2 Å². The van der Waals surface area contributed by atoms with Crippen LogP contribution < -0.4 is 4.74 Å². The van der Waals surface area contributed by atoms with Crippen molar-refractivity contribution in [3.63, 3.8) is 0 Å². The number of aromatic amines is 1. The Labute approximate surface area is 203 Å². The monoisotopic (exact) mass is 469 g/mol. The predicted molar refractivity (Wildman–Crippen MR) is 133 cm³/mol. The largest absolute Gasteiger partial charge is 0.490 e. The van der Waals surface area contributed by atoms with E-state index in [1.54, 1.807) is 12.1 Å². The molecule has 5 rings (SSSR count). The summed E-state index contributed by atoms with van der Waals surface area (Å²) in [5, 5.41) is 19.4. The average Bonchev–Trinajstić information content (AvgIpc) is 3.22. The van der Waals surface area contributed by atoms with Crippen LogP contribution >= 0.6 is 0 Å². The van der Waals surface area contributed by atoms with Crippen molar-refractivity contribution in [3.05, 3.63) is 69.9 Å². The Balaban J connectivity index is 1.70. The molecule has 7 nitrogen and oxygen atoms in total. The van der Waals surface area contributed by atoms with Crippen molar-refractivity contribution in [1.82, 2.24) is 9.88 Å². The summed E-state index contributed by atoms with van der Waals surface area (Å²) in [5.74, 6) is 0.632. The van der Waals surface area contributed by atoms with Crippen LogP contribution in [0.5, 0.6) is 5.75 Å². The lowest BCUT2D eigenvalue weighted by Gasteiger charge is -2.34. The number of fused-ring (bicyclic) bond motifs is 4. The fourth-order valence-electron chi connectivity index (χ4n) is 5.22. The molecule has 0 spiro atoms. The van der Waals surface area contributed by atoms with Crippen LogP contribution in [0.3, 0.4) is 0 Å². The molecule has 0 radical (unpaired) electrons. The highest BCUT2D eigenvalue weighted by Gasteiger charge is 2.40. The topological polar surface area (TPSA) is 106 Å². The number of nitrogens with one attached hydrogen (secondary N) is 1. The number of ketones is 1. The number of aromatic nitrogens is 1. The summed E-state index contributed by atoms with van der Waals surface area (Å²) in [4.78, 5) is 30.1. The molecular formula is C28H27N3O4. The summed E-state index contributed by atoms with van der Waals surface area (Å²) in [6.45, 7) is 8.79. The Morgan fingerprint density at radius 2 is 2.00 bits per heavy atom. The minimum atomic E-state index is -0.937. The molecule has 1 aromatic heterocycles. The molecule has 0 fully saturated rings. The van der Waals surface area contributed by atoms with Gasteiger partial charge in [-0.05, 0) is 55.7 Å². The zero-order chi connectivity index (χ0) is 25.1. The molecule has 1 amide bonds. The van der Waals surface area contributed by atoms with Gasteiger partial charge in [0.2, 0.25) is 0 Å². The van der Waals surface area contributed by atoms with E-state index in [2.05, 4.69) is 24.9 Å². The van der Waals surface area contributed by atoms with E-state index in [0.29, 0.717) is 42.0 Å². The van der Waals surface area contributed by atoms with Crippen LogP contribution in [0.25, 0.3) is 16.5 Å². The van der Waals surface area contributed by atoms with Crippen molar-refractivity contribution in [2.24, 2.45) is 0 Å². The second-order valence-corrected chi connectivity index (χ2v) is 9.97. The first kappa shape index (κ1) is 22.7. The molecule has 2 aliphatic rings. The molecule has 35 heavy (non-hydrogen) atoms. The Morgan fingerprint density at radius 3 is 2.63 bits per heavy atom. The number of ether oxygens (including phenoxy) is 1. The molecule has 178 valence electrons. The summed E-state index contributed by atoms with van der Waals surface area (Å²) >= 11 is 0. The number of hydrogen-bond acceptors (Lipinski definition) is 4. The van der Waals surface area contributed by atoms with Crippen molar-refractivity contribution < 1.29 is 19.4 Å². The van der Waals surface area contributed by atoms with E-state index in [9.17, 15) is 20.0 Å². The SMILES string of the molecule is CC(C)Oc1cc2c(cc1C1=CCN(C(=O)O)CC1)C(=O)c1c([nH]c3cc(C#N)ccc13)C2(C)C. The Bertz CT molecular complexity index is 1470. The van der Waals surface area contributed by atoms with Crippen molar-refractivity contribution in [3.8, 4) is 11.8 Å². The number of carbonyl (C=O) groups excluding carboxylic acids is 1. The highest BCUT2D eigenvalue weighted by atomic mass is 16.5. The van der Waals surface area contributed by atoms with E-state index < -0.39 is 11.5 Å². The van der Waals surface area contributed by atoms with Crippen molar-refractivity contribution in [2.45, 2.75) is 45.6 Å². The molecule has 0 bridgehead atoms. The van der Waals surface area contributed by atoms with Crippen LogP contribution in [0.4, 0.5) is 4.79 Å². The van der Waals surface area contributed by atoms with E-state index in [4.69, 9.17) is 4.74 Å². The molecular weight excluding hydrogens is 442 g/mol. The maximum Gasteiger partial charge on any atom is 0.407 e. The van der Waals surface area contributed by atoms with Crippen molar-refractivity contribution >= 4 is 28.4 Å². The van der Waals surface area contributed by atoms with Gasteiger partial charge in [-0.2, -0.15) is 5.26 Å². The van der Waals surface area contributed by atoms with E-state index in [1.807, 2.05) is 38.1 Å². The zero-order valence-corrected chi connectivity index (χ0v) is 20.2. The zero-order valence-electron chi connectivity index (χ0n) is 20.2. The van der Waals surface area contributed by atoms with Crippen LogP contribution in [-0.2, 0) is 5.41 Å². The number of H-pyrrole nitrogens is 1. The maximum absolute atomic E-state index is 13.9. The van der Waals surface area contributed by atoms with E-state index in [0.717, 1.165) is 33.3 Å². The molecule has 3 aromatic rings. The molecule has 2 N–H and O–H groups in total. The Kier molecular flexibility index (Phi) is 5.21.